The van der Waals surface area contributed by atoms with Gasteiger partial charge in [0, 0.05) is 24.9 Å². The number of amides is 1. The molecule has 0 spiro atoms. The van der Waals surface area contributed by atoms with Crippen molar-refractivity contribution in [2.24, 2.45) is 4.99 Å². The number of anilines is 1. The molecule has 1 amide bonds. The van der Waals surface area contributed by atoms with Crippen molar-refractivity contribution < 1.29 is 9.53 Å². The van der Waals surface area contributed by atoms with Crippen molar-refractivity contribution in [1.29, 1.82) is 0 Å². The van der Waals surface area contributed by atoms with Crippen LogP contribution in [0.1, 0.15) is 44.7 Å². The van der Waals surface area contributed by atoms with E-state index in [0.717, 1.165) is 30.7 Å². The third kappa shape index (κ3) is 4.44. The van der Waals surface area contributed by atoms with Crippen LogP contribution < -0.4 is 4.90 Å². The largest absolute Gasteiger partial charge is 0.376 e. The van der Waals surface area contributed by atoms with Crippen molar-refractivity contribution in [2.45, 2.75) is 45.3 Å². The van der Waals surface area contributed by atoms with E-state index >= 15 is 0 Å². The number of para-hydroxylation sites is 1. The first-order valence-corrected chi connectivity index (χ1v) is 12.7. The molecule has 2 saturated heterocycles. The summed E-state index contributed by atoms with van der Waals surface area (Å²) >= 11 is 1.45. The quantitative estimate of drug-likeness (QED) is 0.503. The fourth-order valence-electron chi connectivity index (χ4n) is 4.78. The maximum Gasteiger partial charge on any atom is 0.266 e. The zero-order chi connectivity index (χ0) is 23.9. The summed E-state index contributed by atoms with van der Waals surface area (Å²) in [4.78, 5) is 23.1. The number of rotatable bonds is 4. The Bertz CT molecular complexity index is 1190. The SMILES string of the molecule is CC1=CC(C)(C)N(C)c2ccc(/C=C3/SC(=Nc4ccccc4)N(CC4CCCO4)C3=O)cc21. The summed E-state index contributed by atoms with van der Waals surface area (Å²) in [5.41, 5.74) is 5.52. The Hall–Kier alpha value is -2.83. The second-order valence-corrected chi connectivity index (χ2v) is 10.7. The molecule has 6 heteroatoms. The number of aliphatic imine (C=N–C) groups is 1. The summed E-state index contributed by atoms with van der Waals surface area (Å²) in [7, 11) is 2.13. The van der Waals surface area contributed by atoms with E-state index in [1.54, 1.807) is 4.90 Å². The van der Waals surface area contributed by atoms with Crippen LogP contribution in [0.15, 0.2) is 64.5 Å². The van der Waals surface area contributed by atoms with Gasteiger partial charge in [0.15, 0.2) is 5.17 Å². The van der Waals surface area contributed by atoms with Gasteiger partial charge in [-0.05, 0) is 86.9 Å². The van der Waals surface area contributed by atoms with Gasteiger partial charge >= 0.3 is 0 Å². The molecule has 2 aromatic carbocycles. The molecule has 34 heavy (non-hydrogen) atoms. The smallest absolute Gasteiger partial charge is 0.266 e. The predicted molar refractivity (Wildman–Crippen MR) is 142 cm³/mol. The van der Waals surface area contributed by atoms with Gasteiger partial charge in [-0.3, -0.25) is 9.69 Å². The molecule has 0 aliphatic carbocycles. The highest BCUT2D eigenvalue weighted by Crippen LogP contribution is 2.40. The lowest BCUT2D eigenvalue weighted by Crippen LogP contribution is -2.42. The molecular weight excluding hydrogens is 442 g/mol. The number of fused-ring (bicyclic) bond motifs is 1. The monoisotopic (exact) mass is 473 g/mol. The van der Waals surface area contributed by atoms with Gasteiger partial charge in [0.1, 0.15) is 0 Å². The molecule has 3 heterocycles. The molecule has 2 aromatic rings. The predicted octanol–water partition coefficient (Wildman–Crippen LogP) is 6.10. The lowest BCUT2D eigenvalue weighted by molar-refractivity contribution is -0.123. The first-order valence-electron chi connectivity index (χ1n) is 11.9. The Balaban J connectivity index is 1.48. The maximum absolute atomic E-state index is 13.5. The van der Waals surface area contributed by atoms with Crippen molar-refractivity contribution in [1.82, 2.24) is 4.90 Å². The molecule has 2 fully saturated rings. The number of carbonyl (C=O) groups excluding carboxylic acids is 1. The second-order valence-electron chi connectivity index (χ2n) is 9.71. The van der Waals surface area contributed by atoms with Crippen LogP contribution in [-0.2, 0) is 9.53 Å². The number of amidine groups is 1. The molecule has 0 aromatic heterocycles. The van der Waals surface area contributed by atoms with Gasteiger partial charge in [0.05, 0.1) is 28.8 Å². The minimum absolute atomic E-state index is 0.00147. The minimum atomic E-state index is -0.0278. The van der Waals surface area contributed by atoms with Gasteiger partial charge in [0.25, 0.3) is 5.91 Å². The molecule has 5 rings (SSSR count). The first-order chi connectivity index (χ1) is 16.3. The van der Waals surface area contributed by atoms with Crippen molar-refractivity contribution in [3.05, 3.63) is 70.6 Å². The lowest BCUT2D eigenvalue weighted by Gasteiger charge is -2.40. The first kappa shape index (κ1) is 22.9. The van der Waals surface area contributed by atoms with E-state index in [-0.39, 0.29) is 17.6 Å². The molecular formula is C28H31N3O2S. The molecule has 176 valence electrons. The van der Waals surface area contributed by atoms with Crippen molar-refractivity contribution in [3.8, 4) is 0 Å². The second kappa shape index (κ2) is 9.08. The number of hydrogen-bond acceptors (Lipinski definition) is 5. The zero-order valence-electron chi connectivity index (χ0n) is 20.2. The van der Waals surface area contributed by atoms with E-state index in [4.69, 9.17) is 9.73 Å². The van der Waals surface area contributed by atoms with E-state index in [9.17, 15) is 4.79 Å². The Morgan fingerprint density at radius 1 is 1.21 bits per heavy atom. The summed E-state index contributed by atoms with van der Waals surface area (Å²) < 4.78 is 5.83. The van der Waals surface area contributed by atoms with E-state index in [1.165, 1.54) is 28.6 Å². The molecule has 0 saturated carbocycles. The molecule has 1 unspecified atom stereocenters. The van der Waals surface area contributed by atoms with E-state index < -0.39 is 0 Å². The number of hydrogen-bond donors (Lipinski definition) is 0. The summed E-state index contributed by atoms with van der Waals surface area (Å²) in [5, 5.41) is 0.716. The van der Waals surface area contributed by atoms with E-state index in [2.05, 4.69) is 57.0 Å². The molecule has 0 bridgehead atoms. The zero-order valence-corrected chi connectivity index (χ0v) is 21.1. The number of allylic oxidation sites excluding steroid dienone is 1. The Labute approximate surface area is 206 Å². The average molecular weight is 474 g/mol. The summed E-state index contributed by atoms with van der Waals surface area (Å²) in [6, 6.07) is 16.3. The summed E-state index contributed by atoms with van der Waals surface area (Å²) in [6.07, 6.45) is 6.39. The van der Waals surface area contributed by atoms with E-state index in [0.29, 0.717) is 16.6 Å². The van der Waals surface area contributed by atoms with Crippen LogP contribution in [0.25, 0.3) is 11.6 Å². The molecule has 0 radical (unpaired) electrons. The normalized spacial score (nSPS) is 24.2. The fourth-order valence-corrected chi connectivity index (χ4v) is 5.78. The van der Waals surface area contributed by atoms with Crippen LogP contribution in [0.2, 0.25) is 0 Å². The van der Waals surface area contributed by atoms with Crippen LogP contribution in [0, 0.1) is 0 Å². The van der Waals surface area contributed by atoms with Crippen LogP contribution in [-0.4, -0.2) is 47.8 Å². The number of nitrogens with zero attached hydrogens (tertiary/aromatic N) is 3. The number of likely N-dealkylation sites (N-methyl/N-ethyl adjacent to an activating group) is 1. The number of thioether (sulfide) groups is 1. The van der Waals surface area contributed by atoms with E-state index in [1.807, 2.05) is 36.4 Å². The third-order valence-corrected chi connectivity index (χ3v) is 7.82. The van der Waals surface area contributed by atoms with Crippen molar-refractivity contribution in [2.75, 3.05) is 25.1 Å². The van der Waals surface area contributed by atoms with Gasteiger partial charge in [0.2, 0.25) is 0 Å². The summed E-state index contributed by atoms with van der Waals surface area (Å²) in [5.74, 6) is -0.00147. The van der Waals surface area contributed by atoms with Gasteiger partial charge < -0.3 is 9.64 Å². The van der Waals surface area contributed by atoms with Crippen LogP contribution in [0.3, 0.4) is 0 Å². The van der Waals surface area contributed by atoms with Crippen LogP contribution >= 0.6 is 11.8 Å². The fraction of sp³-hybridized carbons (Fsp3) is 0.357. The molecule has 1 atom stereocenters. The van der Waals surface area contributed by atoms with Gasteiger partial charge in [-0.25, -0.2) is 4.99 Å². The number of benzene rings is 2. The highest BCUT2D eigenvalue weighted by molar-refractivity contribution is 8.18. The number of carbonyl (C=O) groups is 1. The Morgan fingerprint density at radius 2 is 2.00 bits per heavy atom. The third-order valence-electron chi connectivity index (χ3n) is 6.82. The Morgan fingerprint density at radius 3 is 2.74 bits per heavy atom. The van der Waals surface area contributed by atoms with Crippen LogP contribution in [0.4, 0.5) is 11.4 Å². The van der Waals surface area contributed by atoms with Crippen molar-refractivity contribution in [3.63, 3.8) is 0 Å². The molecule has 5 nitrogen and oxygen atoms in total. The highest BCUT2D eigenvalue weighted by Gasteiger charge is 2.36. The standard InChI is InChI=1S/C28H31N3O2S/c1-19-17-28(2,3)30(4)24-13-12-20(15-23(19)24)16-25-26(32)31(18-22-11-8-14-33-22)27(34-25)29-21-9-6-5-7-10-21/h5-7,9-10,12-13,15-17,22H,8,11,14,18H2,1-4H3/b25-16+,29-27?. The highest BCUT2D eigenvalue weighted by atomic mass is 32.2. The lowest BCUT2D eigenvalue weighted by atomic mass is 9.88. The van der Waals surface area contributed by atoms with Crippen LogP contribution in [0.5, 0.6) is 0 Å². The Kier molecular flexibility index (Phi) is 6.13. The minimum Gasteiger partial charge on any atom is -0.376 e. The van der Waals surface area contributed by atoms with Crippen molar-refractivity contribution >= 4 is 45.9 Å². The molecule has 3 aliphatic heterocycles. The molecule has 0 N–H and O–H groups in total. The maximum atomic E-state index is 13.5. The number of ether oxygens (including phenoxy) is 1. The molecule has 3 aliphatic rings. The van der Waals surface area contributed by atoms with Gasteiger partial charge in [-0.15, -0.1) is 0 Å². The average Bonchev–Trinajstić information content (AvgIpc) is 3.43. The summed E-state index contributed by atoms with van der Waals surface area (Å²) in [6.45, 7) is 7.91. The van der Waals surface area contributed by atoms with Gasteiger partial charge in [-0.1, -0.05) is 30.3 Å². The van der Waals surface area contributed by atoms with Gasteiger partial charge in [-0.2, -0.15) is 0 Å². The topological polar surface area (TPSA) is 45.1 Å².